The Labute approximate surface area is 225 Å². The maximum absolute atomic E-state index is 13.2. The van der Waals surface area contributed by atoms with Crippen molar-refractivity contribution in [2.45, 2.75) is 52.2 Å². The van der Waals surface area contributed by atoms with Crippen LogP contribution >= 0.6 is 0 Å². The van der Waals surface area contributed by atoms with Crippen LogP contribution in [0.15, 0.2) is 78.9 Å². The summed E-state index contributed by atoms with van der Waals surface area (Å²) in [4.78, 5) is 39.8. The highest BCUT2D eigenvalue weighted by molar-refractivity contribution is 6.38. The van der Waals surface area contributed by atoms with Crippen LogP contribution in [-0.2, 0) is 22.6 Å². The summed E-state index contributed by atoms with van der Waals surface area (Å²) in [6, 6.07) is 24.2. The van der Waals surface area contributed by atoms with Gasteiger partial charge in [-0.3, -0.25) is 19.3 Å². The van der Waals surface area contributed by atoms with Gasteiger partial charge in [-0.2, -0.15) is 0 Å². The summed E-state index contributed by atoms with van der Waals surface area (Å²) in [5.74, 6) is -2.35. The summed E-state index contributed by atoms with van der Waals surface area (Å²) < 4.78 is 0. The fraction of sp³-hybridized carbons (Fsp3) is 0.281. The lowest BCUT2D eigenvalue weighted by Gasteiger charge is -2.26. The normalized spacial score (nSPS) is 12.1. The first-order chi connectivity index (χ1) is 18.3. The summed E-state index contributed by atoms with van der Waals surface area (Å²) in [6.07, 6.45) is 5.13. The molecule has 3 aromatic rings. The lowest BCUT2D eigenvalue weighted by Crippen LogP contribution is -2.47. The van der Waals surface area contributed by atoms with Crippen LogP contribution in [0.4, 0.5) is 0 Å². The highest BCUT2D eigenvalue weighted by atomic mass is 16.2. The molecule has 198 valence electrons. The first-order valence-corrected chi connectivity index (χ1v) is 13.1. The third-order valence-corrected chi connectivity index (χ3v) is 6.41. The summed E-state index contributed by atoms with van der Waals surface area (Å²) in [5.41, 5.74) is 9.45. The van der Waals surface area contributed by atoms with E-state index >= 15 is 0 Å². The topological polar surface area (TPSA) is 92.5 Å². The second-order valence-corrected chi connectivity index (χ2v) is 9.67. The SMILES string of the molecule is CCCN(Cc1ccc(C=Cc2ccccc2C(=O)NC(Cc2ccccc2)C(=O)C(N)=O)cc1)C(C)C. The molecule has 1 atom stereocenters. The Morgan fingerprint density at radius 3 is 2.16 bits per heavy atom. The minimum atomic E-state index is -1.07. The van der Waals surface area contributed by atoms with Gasteiger partial charge in [-0.15, -0.1) is 0 Å². The molecular weight excluding hydrogens is 474 g/mol. The van der Waals surface area contributed by atoms with Crippen molar-refractivity contribution in [2.24, 2.45) is 5.73 Å². The van der Waals surface area contributed by atoms with Gasteiger partial charge in [0.05, 0.1) is 0 Å². The molecule has 1 unspecified atom stereocenters. The Bertz CT molecular complexity index is 1250. The van der Waals surface area contributed by atoms with Crippen LogP contribution < -0.4 is 11.1 Å². The van der Waals surface area contributed by atoms with Gasteiger partial charge >= 0.3 is 0 Å². The Morgan fingerprint density at radius 2 is 1.53 bits per heavy atom. The van der Waals surface area contributed by atoms with Crippen molar-refractivity contribution in [2.75, 3.05) is 6.54 Å². The molecule has 38 heavy (non-hydrogen) atoms. The van der Waals surface area contributed by atoms with E-state index in [4.69, 9.17) is 5.73 Å². The molecule has 0 spiro atoms. The van der Waals surface area contributed by atoms with E-state index in [0.717, 1.165) is 30.6 Å². The highest BCUT2D eigenvalue weighted by Crippen LogP contribution is 2.16. The summed E-state index contributed by atoms with van der Waals surface area (Å²) >= 11 is 0. The fourth-order valence-electron chi connectivity index (χ4n) is 4.28. The number of rotatable bonds is 13. The number of primary amides is 1. The predicted octanol–water partition coefficient (Wildman–Crippen LogP) is 4.87. The van der Waals surface area contributed by atoms with Crippen LogP contribution in [0.5, 0.6) is 0 Å². The van der Waals surface area contributed by atoms with Crippen molar-refractivity contribution in [3.8, 4) is 0 Å². The molecule has 0 saturated carbocycles. The molecule has 0 aliphatic rings. The minimum Gasteiger partial charge on any atom is -0.363 e. The molecule has 3 N–H and O–H groups in total. The largest absolute Gasteiger partial charge is 0.363 e. The van der Waals surface area contributed by atoms with Crippen LogP contribution in [0, 0.1) is 0 Å². The number of Topliss-reactive ketones (excluding diaryl/α,β-unsaturated/α-hetero) is 1. The van der Waals surface area contributed by atoms with Gasteiger partial charge in [0.1, 0.15) is 6.04 Å². The molecule has 3 aromatic carbocycles. The number of carbonyl (C=O) groups is 3. The Kier molecular flexibility index (Phi) is 10.6. The molecule has 0 saturated heterocycles. The van der Waals surface area contributed by atoms with Crippen molar-refractivity contribution in [3.05, 3.63) is 107 Å². The number of nitrogens with two attached hydrogens (primary N) is 1. The molecule has 0 aromatic heterocycles. The van der Waals surface area contributed by atoms with E-state index < -0.39 is 23.6 Å². The molecule has 6 heteroatoms. The number of nitrogens with zero attached hydrogens (tertiary/aromatic N) is 1. The minimum absolute atomic E-state index is 0.172. The van der Waals surface area contributed by atoms with E-state index in [2.05, 4.69) is 55.3 Å². The molecule has 0 bridgehead atoms. The molecule has 0 fully saturated rings. The quantitative estimate of drug-likeness (QED) is 0.253. The Hall–Kier alpha value is -4.03. The molecule has 6 nitrogen and oxygen atoms in total. The zero-order chi connectivity index (χ0) is 27.5. The lowest BCUT2D eigenvalue weighted by atomic mass is 10.00. The number of hydrogen-bond donors (Lipinski definition) is 2. The smallest absolute Gasteiger partial charge is 0.287 e. The van der Waals surface area contributed by atoms with E-state index in [1.54, 1.807) is 12.1 Å². The third kappa shape index (κ3) is 8.25. The predicted molar refractivity (Wildman–Crippen MR) is 153 cm³/mol. The van der Waals surface area contributed by atoms with E-state index in [0.29, 0.717) is 17.2 Å². The summed E-state index contributed by atoms with van der Waals surface area (Å²) in [7, 11) is 0. The number of hydrogen-bond acceptors (Lipinski definition) is 4. The van der Waals surface area contributed by atoms with E-state index in [1.165, 1.54) is 5.56 Å². The van der Waals surface area contributed by atoms with Gasteiger partial charge in [0.2, 0.25) is 5.78 Å². The fourth-order valence-corrected chi connectivity index (χ4v) is 4.28. The van der Waals surface area contributed by atoms with Gasteiger partial charge in [-0.1, -0.05) is 91.9 Å². The van der Waals surface area contributed by atoms with Gasteiger partial charge in [0.25, 0.3) is 11.8 Å². The zero-order valence-corrected chi connectivity index (χ0v) is 22.4. The van der Waals surface area contributed by atoms with Crippen molar-refractivity contribution >= 4 is 29.7 Å². The van der Waals surface area contributed by atoms with Crippen LogP contribution in [-0.4, -0.2) is 41.1 Å². The highest BCUT2D eigenvalue weighted by Gasteiger charge is 2.26. The van der Waals surface area contributed by atoms with E-state index in [9.17, 15) is 14.4 Å². The van der Waals surface area contributed by atoms with Crippen molar-refractivity contribution in [1.29, 1.82) is 0 Å². The average molecular weight is 512 g/mol. The second kappa shape index (κ2) is 14.1. The van der Waals surface area contributed by atoms with Gasteiger partial charge in [-0.25, -0.2) is 0 Å². The molecule has 0 aliphatic heterocycles. The first kappa shape index (κ1) is 28.5. The van der Waals surface area contributed by atoms with Crippen molar-refractivity contribution < 1.29 is 14.4 Å². The third-order valence-electron chi connectivity index (χ3n) is 6.41. The maximum Gasteiger partial charge on any atom is 0.287 e. The Morgan fingerprint density at radius 1 is 0.868 bits per heavy atom. The Balaban J connectivity index is 1.74. The van der Waals surface area contributed by atoms with Gasteiger partial charge in [0, 0.05) is 24.6 Å². The zero-order valence-electron chi connectivity index (χ0n) is 22.4. The number of ketones is 1. The number of amides is 2. The molecule has 0 heterocycles. The monoisotopic (exact) mass is 511 g/mol. The van der Waals surface area contributed by atoms with Crippen LogP contribution in [0.1, 0.15) is 59.8 Å². The van der Waals surface area contributed by atoms with Gasteiger partial charge < -0.3 is 11.1 Å². The standard InChI is InChI=1S/C32H37N3O3/c1-4-20-35(23(2)3)22-26-16-14-24(15-17-26)18-19-27-12-8-9-13-28(27)32(38)34-29(30(36)31(33)37)21-25-10-6-5-7-11-25/h5-19,23,29H,4,20-22H2,1-3H3,(H2,33,37)(H,34,38). The van der Waals surface area contributed by atoms with Crippen LogP contribution in [0.3, 0.4) is 0 Å². The molecule has 0 aliphatic carbocycles. The molecular formula is C32H37N3O3. The van der Waals surface area contributed by atoms with Crippen molar-refractivity contribution in [1.82, 2.24) is 10.2 Å². The number of nitrogens with one attached hydrogen (secondary N) is 1. The lowest BCUT2D eigenvalue weighted by molar-refractivity contribution is -0.137. The number of carbonyl (C=O) groups excluding carboxylic acids is 3. The molecule has 0 radical (unpaired) electrons. The summed E-state index contributed by atoms with van der Waals surface area (Å²) in [5, 5.41) is 2.72. The average Bonchev–Trinajstić information content (AvgIpc) is 2.92. The van der Waals surface area contributed by atoms with Crippen LogP contribution in [0.2, 0.25) is 0 Å². The van der Waals surface area contributed by atoms with E-state index in [1.807, 2.05) is 54.6 Å². The van der Waals surface area contributed by atoms with Crippen molar-refractivity contribution in [3.63, 3.8) is 0 Å². The van der Waals surface area contributed by atoms with Gasteiger partial charge in [-0.05, 0) is 55.1 Å². The number of benzene rings is 3. The van der Waals surface area contributed by atoms with Crippen LogP contribution in [0.25, 0.3) is 12.2 Å². The van der Waals surface area contributed by atoms with Gasteiger partial charge in [0.15, 0.2) is 0 Å². The summed E-state index contributed by atoms with van der Waals surface area (Å²) in [6.45, 7) is 8.60. The molecule has 2 amide bonds. The van der Waals surface area contributed by atoms with E-state index in [-0.39, 0.29) is 6.42 Å². The first-order valence-electron chi connectivity index (χ1n) is 13.1. The molecule has 3 rings (SSSR count). The maximum atomic E-state index is 13.2. The second-order valence-electron chi connectivity index (χ2n) is 9.67.